The first kappa shape index (κ1) is 41.1. The van der Waals surface area contributed by atoms with E-state index in [0.29, 0.717) is 65.4 Å². The Balaban J connectivity index is 0.000000203. The van der Waals surface area contributed by atoms with E-state index in [1.165, 1.54) is 58.9 Å². The molecule has 2 aliphatic heterocycles. The number of urea groups is 1. The maximum absolute atomic E-state index is 13.2. The second-order valence-corrected chi connectivity index (χ2v) is 13.5. The predicted molar refractivity (Wildman–Crippen MR) is 203 cm³/mol. The van der Waals surface area contributed by atoms with Crippen LogP contribution < -0.4 is 26.2 Å². The van der Waals surface area contributed by atoms with E-state index in [1.54, 1.807) is 11.0 Å². The van der Waals surface area contributed by atoms with Gasteiger partial charge in [0.25, 0.3) is 0 Å². The Morgan fingerprint density at radius 2 is 1.29 bits per heavy atom. The molecule has 0 unspecified atom stereocenters. The fraction of sp³-hybridized carbons (Fsp3) is 0.242. The van der Waals surface area contributed by atoms with Crippen LogP contribution in [0.3, 0.4) is 0 Å². The standard InChI is InChI=1S/C17H14Cl3FN4O2.C10H11Cl2N3O.C6H5ClFN/c18-11-6-10(2-3-14(11)21)23-17(27)24-4-1-5-25(15(26)9-24)16-12(19)7-22-8-13(16)20;11-7-4-14-5-8(12)10(7)15-3-1-2-13-6-9(15)16;7-5-2-1-4(9)3-6(5)8/h2-3,6-8H,1,4-5,9H2,(H,23,27);4-5,13H,1-3,6H2;1-3H,9H2. The number of halogens is 8. The average molecular weight is 837 g/mol. The van der Waals surface area contributed by atoms with Crippen molar-refractivity contribution in [1.29, 1.82) is 0 Å². The lowest BCUT2D eigenvalue weighted by atomic mass is 10.3. The summed E-state index contributed by atoms with van der Waals surface area (Å²) < 4.78 is 25.6. The van der Waals surface area contributed by atoms with Crippen LogP contribution in [0.5, 0.6) is 0 Å². The first-order valence-corrected chi connectivity index (χ1v) is 17.6. The van der Waals surface area contributed by atoms with Crippen LogP contribution in [0.15, 0.2) is 61.2 Å². The summed E-state index contributed by atoms with van der Waals surface area (Å²) in [6.45, 7) is 2.31. The molecule has 11 nitrogen and oxygen atoms in total. The molecule has 0 radical (unpaired) electrons. The molecule has 2 aromatic heterocycles. The number of nitrogen functional groups attached to an aromatic ring is 1. The van der Waals surface area contributed by atoms with Crippen molar-refractivity contribution in [2.75, 3.05) is 60.1 Å². The molecule has 0 saturated carbocycles. The monoisotopic (exact) mass is 834 g/mol. The van der Waals surface area contributed by atoms with Gasteiger partial charge in [-0.15, -0.1) is 0 Å². The molecule has 19 heteroatoms. The van der Waals surface area contributed by atoms with Crippen molar-refractivity contribution in [3.63, 3.8) is 0 Å². The van der Waals surface area contributed by atoms with Crippen molar-refractivity contribution >= 4 is 110 Å². The molecule has 4 amide bonds. The number of nitrogens with zero attached hydrogens (tertiary/aromatic N) is 5. The highest BCUT2D eigenvalue weighted by atomic mass is 35.5. The van der Waals surface area contributed by atoms with E-state index in [1.807, 2.05) is 0 Å². The SMILES string of the molecule is Nc1ccc(Cl)c(F)c1.O=C(Nc1ccc(F)c(Cl)c1)N1CCCN(c2c(Cl)cncc2Cl)C(=O)C1.O=C1CNCCCN1c1c(Cl)cncc1Cl. The summed E-state index contributed by atoms with van der Waals surface area (Å²) >= 11 is 35.4. The van der Waals surface area contributed by atoms with Gasteiger partial charge in [0.2, 0.25) is 11.8 Å². The van der Waals surface area contributed by atoms with Crippen LogP contribution in [-0.2, 0) is 9.59 Å². The van der Waals surface area contributed by atoms with Crippen molar-refractivity contribution in [2.24, 2.45) is 0 Å². The van der Waals surface area contributed by atoms with Crippen LogP contribution in [0.25, 0.3) is 0 Å². The number of nitrogens with one attached hydrogen (secondary N) is 2. The minimum Gasteiger partial charge on any atom is -0.399 e. The number of aromatic nitrogens is 2. The number of benzene rings is 2. The Labute approximate surface area is 327 Å². The molecule has 2 aromatic carbocycles. The van der Waals surface area contributed by atoms with Crippen LogP contribution in [0.1, 0.15) is 12.8 Å². The molecule has 4 N–H and O–H groups in total. The molecule has 2 saturated heterocycles. The highest BCUT2D eigenvalue weighted by Gasteiger charge is 2.29. The lowest BCUT2D eigenvalue weighted by Gasteiger charge is -2.23. The summed E-state index contributed by atoms with van der Waals surface area (Å²) in [6.07, 6.45) is 7.20. The second kappa shape index (κ2) is 19.4. The maximum Gasteiger partial charge on any atom is 0.322 e. The minimum absolute atomic E-state index is 0.0208. The lowest BCUT2D eigenvalue weighted by molar-refractivity contribution is -0.119. The van der Waals surface area contributed by atoms with Gasteiger partial charge in [0.1, 0.15) is 18.2 Å². The number of hydrogen-bond donors (Lipinski definition) is 3. The van der Waals surface area contributed by atoms with Crippen LogP contribution >= 0.6 is 69.6 Å². The fourth-order valence-electron chi connectivity index (χ4n) is 4.91. The van der Waals surface area contributed by atoms with Crippen LogP contribution in [-0.4, -0.2) is 72.0 Å². The number of amides is 4. The van der Waals surface area contributed by atoms with Crippen LogP contribution in [0.2, 0.25) is 30.1 Å². The van der Waals surface area contributed by atoms with Gasteiger partial charge in [-0.25, -0.2) is 13.6 Å². The third kappa shape index (κ3) is 11.2. The topological polar surface area (TPSA) is 137 Å². The van der Waals surface area contributed by atoms with Gasteiger partial charge in [-0.2, -0.15) is 0 Å². The number of anilines is 4. The largest absolute Gasteiger partial charge is 0.399 e. The van der Waals surface area contributed by atoms with Gasteiger partial charge in [0, 0.05) is 55.8 Å². The quantitative estimate of drug-likeness (QED) is 0.177. The molecular formula is C33H30Cl6F2N8O3. The van der Waals surface area contributed by atoms with E-state index in [0.717, 1.165) is 19.0 Å². The van der Waals surface area contributed by atoms with Gasteiger partial charge in [0.15, 0.2) is 0 Å². The molecule has 0 aliphatic carbocycles. The Morgan fingerprint density at radius 1 is 0.712 bits per heavy atom. The number of carbonyl (C=O) groups is 3. The summed E-state index contributed by atoms with van der Waals surface area (Å²) in [7, 11) is 0. The molecule has 52 heavy (non-hydrogen) atoms. The number of rotatable bonds is 3. The molecule has 2 fully saturated rings. The molecule has 276 valence electrons. The molecule has 4 heterocycles. The normalized spacial score (nSPS) is 14.7. The van der Waals surface area contributed by atoms with Crippen LogP contribution in [0.4, 0.5) is 36.3 Å². The van der Waals surface area contributed by atoms with E-state index in [9.17, 15) is 23.2 Å². The Bertz CT molecular complexity index is 1890. The summed E-state index contributed by atoms with van der Waals surface area (Å²) in [5, 5.41) is 6.98. The predicted octanol–water partition coefficient (Wildman–Crippen LogP) is 8.23. The van der Waals surface area contributed by atoms with E-state index < -0.39 is 17.7 Å². The number of hydrogen-bond acceptors (Lipinski definition) is 7. The zero-order valence-corrected chi connectivity index (χ0v) is 31.5. The second-order valence-electron chi connectivity index (χ2n) is 11.0. The van der Waals surface area contributed by atoms with Gasteiger partial charge >= 0.3 is 6.03 Å². The molecule has 6 rings (SSSR count). The van der Waals surface area contributed by atoms with E-state index in [4.69, 9.17) is 75.3 Å². The van der Waals surface area contributed by atoms with Crippen LogP contribution in [0, 0.1) is 11.6 Å². The highest BCUT2D eigenvalue weighted by Crippen LogP contribution is 2.34. The average Bonchev–Trinajstić information content (AvgIpc) is 3.42. The van der Waals surface area contributed by atoms with Gasteiger partial charge in [-0.05, 0) is 55.8 Å². The smallest absolute Gasteiger partial charge is 0.322 e. The fourth-order valence-corrected chi connectivity index (χ4v) is 6.35. The zero-order valence-electron chi connectivity index (χ0n) is 27.0. The number of nitrogens with two attached hydrogens (primary N) is 1. The summed E-state index contributed by atoms with van der Waals surface area (Å²) in [5.41, 5.74) is 6.89. The molecule has 0 bridgehead atoms. The number of carbonyl (C=O) groups excluding carboxylic acids is 3. The molecule has 4 aromatic rings. The number of pyridine rings is 2. The van der Waals surface area contributed by atoms with Crippen molar-refractivity contribution < 1.29 is 23.2 Å². The highest BCUT2D eigenvalue weighted by molar-refractivity contribution is 6.40. The molecule has 0 atom stereocenters. The minimum atomic E-state index is -0.582. The van der Waals surface area contributed by atoms with E-state index in [2.05, 4.69) is 20.6 Å². The lowest BCUT2D eigenvalue weighted by Crippen LogP contribution is -2.41. The van der Waals surface area contributed by atoms with Crippen molar-refractivity contribution in [3.05, 3.63) is 103 Å². The summed E-state index contributed by atoms with van der Waals surface area (Å²) in [6, 6.07) is 7.51. The van der Waals surface area contributed by atoms with Gasteiger partial charge < -0.3 is 31.1 Å². The Kier molecular flexibility index (Phi) is 15.3. The first-order chi connectivity index (χ1) is 24.8. The molecular weight excluding hydrogens is 807 g/mol. The van der Waals surface area contributed by atoms with E-state index >= 15 is 0 Å². The Morgan fingerprint density at radius 3 is 1.85 bits per heavy atom. The Hall–Kier alpha value is -3.69. The first-order valence-electron chi connectivity index (χ1n) is 15.4. The van der Waals surface area contributed by atoms with Gasteiger partial charge in [-0.1, -0.05) is 69.6 Å². The van der Waals surface area contributed by atoms with Gasteiger partial charge in [0.05, 0.1) is 48.1 Å². The van der Waals surface area contributed by atoms with Crippen molar-refractivity contribution in [2.45, 2.75) is 12.8 Å². The third-order valence-corrected chi connectivity index (χ3v) is 9.05. The molecule has 0 spiro atoms. The zero-order chi connectivity index (χ0) is 37.9. The maximum atomic E-state index is 13.2. The third-order valence-electron chi connectivity index (χ3n) is 7.35. The summed E-state index contributed by atoms with van der Waals surface area (Å²) in [4.78, 5) is 49.2. The summed E-state index contributed by atoms with van der Waals surface area (Å²) in [5.74, 6) is -1.40. The molecule has 2 aliphatic rings. The van der Waals surface area contributed by atoms with Gasteiger partial charge in [-0.3, -0.25) is 19.6 Å². The van der Waals surface area contributed by atoms with Crippen molar-refractivity contribution in [1.82, 2.24) is 20.2 Å². The van der Waals surface area contributed by atoms with Crippen molar-refractivity contribution in [3.8, 4) is 0 Å². The van der Waals surface area contributed by atoms with E-state index in [-0.39, 0.29) is 38.4 Å².